The Morgan fingerprint density at radius 1 is 1.21 bits per heavy atom. The summed E-state index contributed by atoms with van der Waals surface area (Å²) in [6.45, 7) is 4.79. The van der Waals surface area contributed by atoms with Gasteiger partial charge in [-0.1, -0.05) is 13.8 Å². The van der Waals surface area contributed by atoms with Crippen LogP contribution in [0.2, 0.25) is 0 Å². The summed E-state index contributed by atoms with van der Waals surface area (Å²) < 4.78 is 11.0. The number of ketones is 1. The van der Waals surface area contributed by atoms with Crippen LogP contribution in [0.25, 0.3) is 0 Å². The molecule has 0 saturated carbocycles. The SMILES string of the molecule is CC(=O)NC1[C@H](OCCCCC(=O)C(C)C)OC(CO)[C@@H](O)[C@@H]1O. The van der Waals surface area contributed by atoms with Crippen LogP contribution in [0.15, 0.2) is 0 Å². The van der Waals surface area contributed by atoms with Crippen LogP contribution in [0, 0.1) is 5.92 Å². The summed E-state index contributed by atoms with van der Waals surface area (Å²) in [7, 11) is 0. The van der Waals surface area contributed by atoms with Crippen LogP contribution in [0.4, 0.5) is 0 Å². The summed E-state index contributed by atoms with van der Waals surface area (Å²) in [6.07, 6.45) is -2.84. The number of hydrogen-bond donors (Lipinski definition) is 4. The highest BCUT2D eigenvalue weighted by molar-refractivity contribution is 5.80. The first-order valence-electron chi connectivity index (χ1n) is 8.31. The minimum Gasteiger partial charge on any atom is -0.394 e. The van der Waals surface area contributed by atoms with Crippen molar-refractivity contribution in [2.45, 2.75) is 70.7 Å². The molecule has 1 aliphatic rings. The minimum absolute atomic E-state index is 0.0127. The Balaban J connectivity index is 2.51. The average Bonchev–Trinajstić information content (AvgIpc) is 2.52. The number of aliphatic hydroxyl groups is 3. The lowest BCUT2D eigenvalue weighted by molar-refractivity contribution is -0.270. The predicted molar refractivity (Wildman–Crippen MR) is 85.0 cm³/mol. The van der Waals surface area contributed by atoms with E-state index in [0.717, 1.165) is 0 Å². The van der Waals surface area contributed by atoms with Gasteiger partial charge in [-0.2, -0.15) is 0 Å². The molecule has 0 aliphatic carbocycles. The van der Waals surface area contributed by atoms with E-state index in [1.165, 1.54) is 6.92 Å². The zero-order valence-corrected chi connectivity index (χ0v) is 14.5. The van der Waals surface area contributed by atoms with Gasteiger partial charge in [0.05, 0.1) is 6.61 Å². The first kappa shape index (κ1) is 21.0. The lowest BCUT2D eigenvalue weighted by Gasteiger charge is -2.42. The molecular weight excluding hydrogens is 318 g/mol. The summed E-state index contributed by atoms with van der Waals surface area (Å²) in [6, 6.07) is -0.933. The molecule has 1 amide bonds. The van der Waals surface area contributed by atoms with Crippen LogP contribution in [-0.4, -0.2) is 70.9 Å². The lowest BCUT2D eigenvalue weighted by atomic mass is 9.97. The van der Waals surface area contributed by atoms with Gasteiger partial charge in [0.15, 0.2) is 6.29 Å². The van der Waals surface area contributed by atoms with Crippen LogP contribution < -0.4 is 5.32 Å². The van der Waals surface area contributed by atoms with E-state index >= 15 is 0 Å². The highest BCUT2D eigenvalue weighted by Crippen LogP contribution is 2.22. The Kier molecular flexibility index (Phi) is 8.79. The second kappa shape index (κ2) is 10.0. The molecule has 0 bridgehead atoms. The van der Waals surface area contributed by atoms with Crippen molar-refractivity contribution < 1.29 is 34.4 Å². The minimum atomic E-state index is -1.32. The molecule has 1 saturated heterocycles. The third-order valence-corrected chi connectivity index (χ3v) is 3.99. The summed E-state index contributed by atoms with van der Waals surface area (Å²) in [5.41, 5.74) is 0. The van der Waals surface area contributed by atoms with Crippen LogP contribution in [0.3, 0.4) is 0 Å². The second-order valence-corrected chi connectivity index (χ2v) is 6.38. The molecule has 140 valence electrons. The number of unbranched alkanes of at least 4 members (excludes halogenated alkanes) is 1. The number of rotatable bonds is 9. The molecule has 4 N–H and O–H groups in total. The maximum Gasteiger partial charge on any atom is 0.217 e. The van der Waals surface area contributed by atoms with Gasteiger partial charge >= 0.3 is 0 Å². The fourth-order valence-corrected chi connectivity index (χ4v) is 2.50. The van der Waals surface area contributed by atoms with Crippen molar-refractivity contribution in [1.29, 1.82) is 0 Å². The Morgan fingerprint density at radius 3 is 2.42 bits per heavy atom. The molecule has 0 aromatic heterocycles. The highest BCUT2D eigenvalue weighted by Gasteiger charge is 2.45. The van der Waals surface area contributed by atoms with Crippen molar-refractivity contribution in [2.75, 3.05) is 13.2 Å². The Bertz CT molecular complexity index is 415. The molecule has 2 unspecified atom stereocenters. The molecule has 0 spiro atoms. The molecule has 0 radical (unpaired) electrons. The van der Waals surface area contributed by atoms with Crippen molar-refractivity contribution >= 4 is 11.7 Å². The second-order valence-electron chi connectivity index (χ2n) is 6.38. The smallest absolute Gasteiger partial charge is 0.217 e. The third kappa shape index (κ3) is 6.10. The van der Waals surface area contributed by atoms with Crippen LogP contribution in [-0.2, 0) is 19.1 Å². The maximum absolute atomic E-state index is 11.5. The number of aliphatic hydroxyl groups excluding tert-OH is 3. The molecule has 0 aromatic rings. The van der Waals surface area contributed by atoms with E-state index in [4.69, 9.17) is 9.47 Å². The van der Waals surface area contributed by atoms with Crippen LogP contribution in [0.1, 0.15) is 40.0 Å². The van der Waals surface area contributed by atoms with Crippen molar-refractivity contribution in [3.8, 4) is 0 Å². The van der Waals surface area contributed by atoms with Gasteiger partial charge in [-0.05, 0) is 12.8 Å². The zero-order valence-electron chi connectivity index (χ0n) is 14.5. The summed E-state index contributed by atoms with van der Waals surface area (Å²) in [5, 5.41) is 31.7. The van der Waals surface area contributed by atoms with Gasteiger partial charge in [0.2, 0.25) is 5.91 Å². The van der Waals surface area contributed by atoms with Gasteiger partial charge in [-0.15, -0.1) is 0 Å². The highest BCUT2D eigenvalue weighted by atomic mass is 16.7. The quantitative estimate of drug-likeness (QED) is 0.408. The number of ether oxygens (including phenoxy) is 2. The van der Waals surface area contributed by atoms with E-state index in [1.807, 2.05) is 13.8 Å². The number of amides is 1. The zero-order chi connectivity index (χ0) is 18.3. The molecule has 8 nitrogen and oxygen atoms in total. The van der Waals surface area contributed by atoms with Gasteiger partial charge in [0.1, 0.15) is 30.1 Å². The largest absolute Gasteiger partial charge is 0.394 e. The monoisotopic (exact) mass is 347 g/mol. The topological polar surface area (TPSA) is 125 Å². The normalized spacial score (nSPS) is 30.4. The number of carbonyl (C=O) groups is 2. The number of hydrogen-bond acceptors (Lipinski definition) is 7. The molecule has 24 heavy (non-hydrogen) atoms. The first-order valence-corrected chi connectivity index (χ1v) is 8.31. The van der Waals surface area contributed by atoms with Crippen LogP contribution in [0.5, 0.6) is 0 Å². The molecule has 1 heterocycles. The predicted octanol–water partition coefficient (Wildman–Crippen LogP) is -0.658. The fraction of sp³-hybridized carbons (Fsp3) is 0.875. The van der Waals surface area contributed by atoms with E-state index < -0.39 is 43.2 Å². The van der Waals surface area contributed by atoms with Crippen LogP contribution >= 0.6 is 0 Å². The molecule has 1 rings (SSSR count). The van der Waals surface area contributed by atoms with Crippen molar-refractivity contribution in [2.24, 2.45) is 5.92 Å². The standard InChI is InChI=1S/C16H29NO7/c1-9(2)11(20)6-4-5-7-23-16-13(17-10(3)19)15(22)14(21)12(8-18)24-16/h9,12-16,18,21-22H,4-8H2,1-3H3,(H,17,19)/t12?,13?,14-,15-,16-/m1/s1. The van der Waals surface area contributed by atoms with E-state index in [1.54, 1.807) is 0 Å². The van der Waals surface area contributed by atoms with E-state index in [-0.39, 0.29) is 18.3 Å². The van der Waals surface area contributed by atoms with Gasteiger partial charge in [-0.25, -0.2) is 0 Å². The van der Waals surface area contributed by atoms with E-state index in [0.29, 0.717) is 19.3 Å². The summed E-state index contributed by atoms with van der Waals surface area (Å²) in [4.78, 5) is 22.8. The first-order chi connectivity index (χ1) is 11.3. The molecule has 8 heteroatoms. The Morgan fingerprint density at radius 2 is 1.88 bits per heavy atom. The molecule has 1 aliphatic heterocycles. The van der Waals surface area contributed by atoms with Gasteiger partial charge < -0.3 is 30.1 Å². The van der Waals surface area contributed by atoms with Crippen molar-refractivity contribution in [1.82, 2.24) is 5.32 Å². The lowest BCUT2D eigenvalue weighted by Crippen LogP contribution is -2.64. The van der Waals surface area contributed by atoms with Crippen molar-refractivity contribution in [3.63, 3.8) is 0 Å². The molecular formula is C16H29NO7. The molecule has 5 atom stereocenters. The Labute approximate surface area is 142 Å². The molecule has 0 aromatic carbocycles. The van der Waals surface area contributed by atoms with Gasteiger partial charge in [-0.3, -0.25) is 9.59 Å². The van der Waals surface area contributed by atoms with E-state index in [9.17, 15) is 24.9 Å². The number of Topliss-reactive ketones (excluding diaryl/α,β-unsaturated/α-hetero) is 1. The van der Waals surface area contributed by atoms with Crippen molar-refractivity contribution in [3.05, 3.63) is 0 Å². The summed E-state index contributed by atoms with van der Waals surface area (Å²) >= 11 is 0. The summed E-state index contributed by atoms with van der Waals surface area (Å²) in [5.74, 6) is -0.189. The number of nitrogens with one attached hydrogen (secondary N) is 1. The third-order valence-electron chi connectivity index (χ3n) is 3.99. The molecule has 1 fully saturated rings. The maximum atomic E-state index is 11.5. The van der Waals surface area contributed by atoms with Gasteiger partial charge in [0, 0.05) is 25.9 Å². The Hall–Kier alpha value is -1.06. The fourth-order valence-electron chi connectivity index (χ4n) is 2.50. The average molecular weight is 347 g/mol. The van der Waals surface area contributed by atoms with Gasteiger partial charge in [0.25, 0.3) is 0 Å². The number of carbonyl (C=O) groups excluding carboxylic acids is 2. The van der Waals surface area contributed by atoms with E-state index in [2.05, 4.69) is 5.32 Å².